The van der Waals surface area contributed by atoms with Crippen molar-refractivity contribution in [2.24, 2.45) is 5.73 Å². The molecule has 0 saturated carbocycles. The molecule has 90 valence electrons. The van der Waals surface area contributed by atoms with Crippen LogP contribution in [0, 0.1) is 0 Å². The van der Waals surface area contributed by atoms with Crippen molar-refractivity contribution in [3.05, 3.63) is 29.8 Å². The maximum absolute atomic E-state index is 6.14. The highest BCUT2D eigenvalue weighted by molar-refractivity contribution is 5.41. The first kappa shape index (κ1) is 13.0. The number of nitrogen functional groups attached to an aromatic ring is 1. The third-order valence-corrected chi connectivity index (χ3v) is 3.23. The molecule has 2 heteroatoms. The minimum Gasteiger partial charge on any atom is -0.399 e. The van der Waals surface area contributed by atoms with E-state index in [0.29, 0.717) is 0 Å². The van der Waals surface area contributed by atoms with Crippen molar-refractivity contribution in [2.75, 3.05) is 5.73 Å². The Labute approximate surface area is 99.0 Å². The van der Waals surface area contributed by atoms with Gasteiger partial charge in [-0.05, 0) is 49.8 Å². The zero-order chi connectivity index (χ0) is 12.4. The number of benzene rings is 1. The van der Waals surface area contributed by atoms with E-state index < -0.39 is 0 Å². The van der Waals surface area contributed by atoms with Crippen LogP contribution in [0.1, 0.15) is 46.1 Å². The van der Waals surface area contributed by atoms with Gasteiger partial charge in [0.05, 0.1) is 0 Å². The van der Waals surface area contributed by atoms with Crippen molar-refractivity contribution in [2.45, 2.75) is 51.5 Å². The standard InChI is InChI=1S/C14H24N2/c1-5-14(4,10-13(2,3)16)11-6-8-12(15)9-7-11/h6-9H,5,10,15-16H2,1-4H3/t14-/m1/s1. The molecule has 0 aliphatic rings. The van der Waals surface area contributed by atoms with Crippen LogP contribution in [-0.4, -0.2) is 5.54 Å². The van der Waals surface area contributed by atoms with Crippen LogP contribution in [0.25, 0.3) is 0 Å². The van der Waals surface area contributed by atoms with Gasteiger partial charge in [0.25, 0.3) is 0 Å². The minimum absolute atomic E-state index is 0.131. The van der Waals surface area contributed by atoms with E-state index in [2.05, 4.69) is 39.8 Å². The minimum atomic E-state index is -0.147. The van der Waals surface area contributed by atoms with Gasteiger partial charge in [-0.15, -0.1) is 0 Å². The quantitative estimate of drug-likeness (QED) is 0.766. The van der Waals surface area contributed by atoms with E-state index in [1.807, 2.05) is 12.1 Å². The molecule has 0 aromatic heterocycles. The summed E-state index contributed by atoms with van der Waals surface area (Å²) in [6.07, 6.45) is 2.05. The summed E-state index contributed by atoms with van der Waals surface area (Å²) in [6.45, 7) is 8.64. The van der Waals surface area contributed by atoms with Gasteiger partial charge in [0.2, 0.25) is 0 Å². The number of hydrogen-bond donors (Lipinski definition) is 2. The molecular formula is C14H24N2. The molecule has 0 amide bonds. The molecule has 16 heavy (non-hydrogen) atoms. The normalized spacial score (nSPS) is 15.8. The van der Waals surface area contributed by atoms with Crippen LogP contribution >= 0.6 is 0 Å². The zero-order valence-electron chi connectivity index (χ0n) is 10.9. The number of hydrogen-bond acceptors (Lipinski definition) is 2. The highest BCUT2D eigenvalue weighted by atomic mass is 14.7. The second kappa shape index (κ2) is 4.46. The van der Waals surface area contributed by atoms with Gasteiger partial charge >= 0.3 is 0 Å². The van der Waals surface area contributed by atoms with E-state index in [1.54, 1.807) is 0 Å². The fraction of sp³-hybridized carbons (Fsp3) is 0.571. The van der Waals surface area contributed by atoms with E-state index >= 15 is 0 Å². The number of rotatable bonds is 4. The fourth-order valence-corrected chi connectivity index (χ4v) is 2.32. The maximum atomic E-state index is 6.14. The SMILES string of the molecule is CC[C@](C)(CC(C)(C)N)c1ccc(N)cc1. The summed E-state index contributed by atoms with van der Waals surface area (Å²) in [4.78, 5) is 0. The Morgan fingerprint density at radius 1 is 1.06 bits per heavy atom. The summed E-state index contributed by atoms with van der Waals surface area (Å²) in [5, 5.41) is 0. The molecule has 1 aromatic rings. The van der Waals surface area contributed by atoms with Crippen molar-refractivity contribution in [1.82, 2.24) is 0 Å². The monoisotopic (exact) mass is 220 g/mol. The Bertz CT molecular complexity index is 335. The lowest BCUT2D eigenvalue weighted by molar-refractivity contribution is 0.319. The van der Waals surface area contributed by atoms with Gasteiger partial charge in [0, 0.05) is 11.2 Å². The first-order chi connectivity index (χ1) is 7.27. The lowest BCUT2D eigenvalue weighted by Gasteiger charge is -2.35. The van der Waals surface area contributed by atoms with Crippen LogP contribution < -0.4 is 11.5 Å². The molecule has 1 aromatic carbocycles. The summed E-state index contributed by atoms with van der Waals surface area (Å²) in [5.74, 6) is 0. The van der Waals surface area contributed by atoms with Crippen LogP contribution in [-0.2, 0) is 5.41 Å². The Kier molecular flexibility index (Phi) is 3.64. The second-order valence-corrected chi connectivity index (χ2v) is 5.70. The summed E-state index contributed by atoms with van der Waals surface area (Å²) >= 11 is 0. The number of anilines is 1. The topological polar surface area (TPSA) is 52.0 Å². The van der Waals surface area contributed by atoms with Crippen LogP contribution in [0.3, 0.4) is 0 Å². The first-order valence-electron chi connectivity index (χ1n) is 5.92. The summed E-state index contributed by atoms with van der Waals surface area (Å²) in [5.41, 5.74) is 14.0. The average molecular weight is 220 g/mol. The van der Waals surface area contributed by atoms with Gasteiger partial charge in [-0.1, -0.05) is 26.0 Å². The highest BCUT2D eigenvalue weighted by Gasteiger charge is 2.30. The molecule has 0 aliphatic carbocycles. The molecule has 0 aliphatic heterocycles. The van der Waals surface area contributed by atoms with Gasteiger partial charge in [0.15, 0.2) is 0 Å². The molecule has 0 heterocycles. The van der Waals surface area contributed by atoms with E-state index in [0.717, 1.165) is 18.5 Å². The third-order valence-electron chi connectivity index (χ3n) is 3.23. The van der Waals surface area contributed by atoms with Crippen molar-refractivity contribution in [3.8, 4) is 0 Å². The fourth-order valence-electron chi connectivity index (χ4n) is 2.32. The Balaban J connectivity index is 3.00. The molecule has 0 unspecified atom stereocenters. The first-order valence-corrected chi connectivity index (χ1v) is 5.92. The lowest BCUT2D eigenvalue weighted by atomic mass is 9.72. The predicted molar refractivity (Wildman–Crippen MR) is 71.4 cm³/mol. The van der Waals surface area contributed by atoms with Crippen molar-refractivity contribution >= 4 is 5.69 Å². The molecule has 0 fully saturated rings. The van der Waals surface area contributed by atoms with Crippen molar-refractivity contribution in [1.29, 1.82) is 0 Å². The van der Waals surface area contributed by atoms with E-state index in [9.17, 15) is 0 Å². The molecule has 0 spiro atoms. The summed E-state index contributed by atoms with van der Waals surface area (Å²) < 4.78 is 0. The van der Waals surface area contributed by atoms with Gasteiger partial charge in [-0.3, -0.25) is 0 Å². The van der Waals surface area contributed by atoms with E-state index in [-0.39, 0.29) is 11.0 Å². The molecule has 4 N–H and O–H groups in total. The van der Waals surface area contributed by atoms with Gasteiger partial charge in [0.1, 0.15) is 0 Å². The summed E-state index contributed by atoms with van der Waals surface area (Å²) in [7, 11) is 0. The molecule has 1 atom stereocenters. The number of nitrogens with two attached hydrogens (primary N) is 2. The largest absolute Gasteiger partial charge is 0.399 e. The van der Waals surface area contributed by atoms with Crippen LogP contribution in [0.4, 0.5) is 5.69 Å². The van der Waals surface area contributed by atoms with Crippen LogP contribution in [0.5, 0.6) is 0 Å². The van der Waals surface area contributed by atoms with Gasteiger partial charge < -0.3 is 11.5 Å². The molecular weight excluding hydrogens is 196 g/mol. The Morgan fingerprint density at radius 3 is 1.94 bits per heavy atom. The smallest absolute Gasteiger partial charge is 0.0314 e. The van der Waals surface area contributed by atoms with Crippen LogP contribution in [0.2, 0.25) is 0 Å². The van der Waals surface area contributed by atoms with E-state index in [4.69, 9.17) is 11.5 Å². The molecule has 0 radical (unpaired) electrons. The Hall–Kier alpha value is -1.02. The average Bonchev–Trinajstić information content (AvgIpc) is 2.16. The highest BCUT2D eigenvalue weighted by Crippen LogP contribution is 2.35. The molecule has 0 bridgehead atoms. The third kappa shape index (κ3) is 3.24. The van der Waals surface area contributed by atoms with E-state index in [1.165, 1.54) is 5.56 Å². The predicted octanol–water partition coefficient (Wildman–Crippen LogP) is 3.06. The summed E-state index contributed by atoms with van der Waals surface area (Å²) in [6, 6.07) is 8.16. The Morgan fingerprint density at radius 2 is 1.56 bits per heavy atom. The lowest BCUT2D eigenvalue weighted by Crippen LogP contribution is -2.40. The molecule has 2 nitrogen and oxygen atoms in total. The zero-order valence-corrected chi connectivity index (χ0v) is 10.9. The molecule has 0 saturated heterocycles. The van der Waals surface area contributed by atoms with Crippen molar-refractivity contribution < 1.29 is 0 Å². The maximum Gasteiger partial charge on any atom is 0.0314 e. The van der Waals surface area contributed by atoms with Crippen LogP contribution in [0.15, 0.2) is 24.3 Å². The van der Waals surface area contributed by atoms with Gasteiger partial charge in [-0.25, -0.2) is 0 Å². The van der Waals surface area contributed by atoms with Crippen molar-refractivity contribution in [3.63, 3.8) is 0 Å². The second-order valence-electron chi connectivity index (χ2n) is 5.70. The van der Waals surface area contributed by atoms with Gasteiger partial charge in [-0.2, -0.15) is 0 Å². The molecule has 1 rings (SSSR count).